The number of amides is 1. The van der Waals surface area contributed by atoms with Crippen LogP contribution in [0.5, 0.6) is 11.8 Å². The van der Waals surface area contributed by atoms with E-state index in [0.29, 0.717) is 25.8 Å². The number of rotatable bonds is 10. The first-order chi connectivity index (χ1) is 22.5. The topological polar surface area (TPSA) is 142 Å². The summed E-state index contributed by atoms with van der Waals surface area (Å²) >= 11 is 0. The molecule has 0 bridgehead atoms. The zero-order chi connectivity index (χ0) is 35.4. The second-order valence-electron chi connectivity index (χ2n) is 14.0. The molecule has 2 fully saturated rings. The Morgan fingerprint density at radius 2 is 1.75 bits per heavy atom. The fraction of sp³-hybridized carbons (Fsp3) is 0.618. The van der Waals surface area contributed by atoms with Crippen LogP contribution in [0.2, 0.25) is 0 Å². The Morgan fingerprint density at radius 1 is 1.08 bits per heavy atom. The van der Waals surface area contributed by atoms with Crippen LogP contribution in [0.15, 0.2) is 29.4 Å². The maximum atomic E-state index is 14.5. The van der Waals surface area contributed by atoms with Crippen LogP contribution in [-0.2, 0) is 19.8 Å². The van der Waals surface area contributed by atoms with E-state index in [1.807, 2.05) is 41.7 Å². The van der Waals surface area contributed by atoms with E-state index in [9.17, 15) is 18.4 Å². The van der Waals surface area contributed by atoms with Crippen molar-refractivity contribution in [2.75, 3.05) is 20.1 Å². The van der Waals surface area contributed by atoms with Crippen molar-refractivity contribution in [2.24, 2.45) is 10.9 Å². The summed E-state index contributed by atoms with van der Waals surface area (Å²) in [4.78, 5) is 43.7. The molecule has 14 heteroatoms. The van der Waals surface area contributed by atoms with Gasteiger partial charge in [0.2, 0.25) is 23.4 Å². The molecule has 0 radical (unpaired) electrons. The Morgan fingerprint density at radius 3 is 2.35 bits per heavy atom. The summed E-state index contributed by atoms with van der Waals surface area (Å²) in [5.41, 5.74) is 3.40. The fourth-order valence-electron chi connectivity index (χ4n) is 6.12. The van der Waals surface area contributed by atoms with E-state index in [1.165, 1.54) is 19.9 Å². The number of piperidine rings is 1. The average molecular weight is 675 g/mol. The van der Waals surface area contributed by atoms with Gasteiger partial charge in [-0.05, 0) is 86.5 Å². The molecule has 0 saturated carbocycles. The van der Waals surface area contributed by atoms with E-state index in [0.717, 1.165) is 31.5 Å². The quantitative estimate of drug-likeness (QED) is 0.152. The highest BCUT2D eigenvalue weighted by Crippen LogP contribution is 2.31. The van der Waals surface area contributed by atoms with E-state index < -0.39 is 34.2 Å². The van der Waals surface area contributed by atoms with Gasteiger partial charge in [0, 0.05) is 37.0 Å². The lowest BCUT2D eigenvalue weighted by Gasteiger charge is -2.39. The van der Waals surface area contributed by atoms with Crippen LogP contribution in [-0.4, -0.2) is 87.7 Å². The minimum atomic E-state index is -1.73. The zero-order valence-corrected chi connectivity index (χ0v) is 29.1. The number of benzene rings is 1. The lowest BCUT2D eigenvalue weighted by atomic mass is 9.84. The van der Waals surface area contributed by atoms with Crippen LogP contribution in [0, 0.1) is 11.6 Å². The monoisotopic (exact) mass is 674 g/mol. The number of halogens is 2. The first-order valence-electron chi connectivity index (χ1n) is 16.4. The molecule has 1 amide bonds. The lowest BCUT2D eigenvalue weighted by molar-refractivity contribution is -0.149. The molecule has 264 valence electrons. The molecule has 3 heterocycles. The molecule has 48 heavy (non-hydrogen) atoms. The normalized spacial score (nSPS) is 21.5. The summed E-state index contributed by atoms with van der Waals surface area (Å²) in [6.07, 6.45) is 2.89. The first-order valence-corrected chi connectivity index (χ1v) is 16.4. The largest absolute Gasteiger partial charge is 0.474 e. The van der Waals surface area contributed by atoms with Gasteiger partial charge in [0.15, 0.2) is 0 Å². The molecule has 0 unspecified atom stereocenters. The Hall–Kier alpha value is -4.07. The van der Waals surface area contributed by atoms with Gasteiger partial charge >= 0.3 is 12.1 Å². The van der Waals surface area contributed by atoms with Gasteiger partial charge < -0.3 is 29.7 Å². The number of hydrogen-bond acceptors (Lipinski definition) is 10. The van der Waals surface area contributed by atoms with Gasteiger partial charge in [0.1, 0.15) is 29.4 Å². The van der Waals surface area contributed by atoms with E-state index in [1.54, 1.807) is 11.0 Å². The zero-order valence-electron chi connectivity index (χ0n) is 29.1. The number of oxime groups is 1. The maximum absolute atomic E-state index is 14.5. The first kappa shape index (κ1) is 36.8. The van der Waals surface area contributed by atoms with Crippen molar-refractivity contribution in [2.45, 2.75) is 116 Å². The van der Waals surface area contributed by atoms with Crippen molar-refractivity contribution in [1.82, 2.24) is 19.8 Å². The Balaban J connectivity index is 1.56. The molecule has 4 rings (SSSR count). The van der Waals surface area contributed by atoms with Gasteiger partial charge in [-0.3, -0.25) is 4.90 Å². The number of nitrogens with zero attached hydrogens (tertiary/aromatic N) is 5. The minimum Gasteiger partial charge on any atom is -0.474 e. The predicted molar refractivity (Wildman–Crippen MR) is 175 cm³/mol. The maximum Gasteiger partial charge on any atom is 0.410 e. The molecule has 2 N–H and O–H groups in total. The predicted octanol–water partition coefficient (Wildman–Crippen LogP) is 5.31. The molecule has 1 aromatic carbocycles. The Bertz CT molecular complexity index is 1480. The number of carbonyl (C=O) groups is 2. The van der Waals surface area contributed by atoms with Gasteiger partial charge in [0.05, 0.1) is 11.5 Å². The van der Waals surface area contributed by atoms with Crippen LogP contribution in [0.25, 0.3) is 0 Å². The van der Waals surface area contributed by atoms with Crippen LogP contribution >= 0.6 is 0 Å². The number of likely N-dealkylation sites (tertiary alicyclic amines) is 2. The summed E-state index contributed by atoms with van der Waals surface area (Å²) in [5.74, 6) is -3.00. The Kier molecular flexibility index (Phi) is 11.5. The summed E-state index contributed by atoms with van der Waals surface area (Å²) in [6.45, 7) is 13.5. The molecule has 2 saturated heterocycles. The van der Waals surface area contributed by atoms with E-state index in [2.05, 4.69) is 20.0 Å². The molecular weight excluding hydrogens is 626 g/mol. The molecule has 1 aromatic heterocycles. The number of nitrogens with two attached hydrogens (primary N) is 1. The highest BCUT2D eigenvalue weighted by molar-refractivity contribution is 5.94. The highest BCUT2D eigenvalue weighted by atomic mass is 19.1. The van der Waals surface area contributed by atoms with Crippen LogP contribution < -0.4 is 15.2 Å². The van der Waals surface area contributed by atoms with E-state index in [-0.39, 0.29) is 53.8 Å². The number of likely N-dealkylation sites (N-methyl/N-ethyl adjacent to an activating group) is 1. The van der Waals surface area contributed by atoms with Crippen molar-refractivity contribution in [1.29, 1.82) is 0 Å². The third-order valence-electron chi connectivity index (χ3n) is 8.71. The Labute approximate surface area is 280 Å². The van der Waals surface area contributed by atoms with Gasteiger partial charge in [0.25, 0.3) is 0 Å². The van der Waals surface area contributed by atoms with Gasteiger partial charge in [-0.15, -0.1) is 0 Å². The fourth-order valence-corrected chi connectivity index (χ4v) is 6.12. The number of carbonyl (C=O) groups excluding carboxylic acids is 2. The SMILES string of the molecule is CC[C@@H]1C[C@@H](Oc2cc(O[C@@H](C)[C@@H]3CCCN3C)nc(/C(N)=N/OC(=O)C(C)(C)c3c(F)cccc3F)n2)CCN1C(=O)OC(C)(C)C. The van der Waals surface area contributed by atoms with E-state index in [4.69, 9.17) is 24.8 Å². The second-order valence-corrected chi connectivity index (χ2v) is 14.0. The molecule has 0 spiro atoms. The van der Waals surface area contributed by atoms with Crippen LogP contribution in [0.3, 0.4) is 0 Å². The molecule has 0 aliphatic carbocycles. The standard InChI is InChI=1S/C34H48F2N6O6/c1-9-21-18-22(15-17-42(21)32(44)47-33(3,4)5)46-27-19-26(45-20(2)25-14-11-16-41(25)8)38-30(39-27)29(37)40-48-31(43)34(6,7)28-23(35)12-10-13-24(28)36/h10,12-13,19-22,25H,9,11,14-18H2,1-8H3,(H2,37,40)/t20-,21+,22-,25-/m0/s1. The van der Waals surface area contributed by atoms with Gasteiger partial charge in [-0.2, -0.15) is 9.97 Å². The molecule has 4 atom stereocenters. The second kappa shape index (κ2) is 15.0. The lowest BCUT2D eigenvalue weighted by Crippen LogP contribution is -2.50. The van der Waals surface area contributed by atoms with Crippen LogP contribution in [0.1, 0.15) is 92.0 Å². The highest BCUT2D eigenvalue weighted by Gasteiger charge is 2.38. The number of aromatic nitrogens is 2. The third-order valence-corrected chi connectivity index (χ3v) is 8.71. The van der Waals surface area contributed by atoms with Gasteiger partial charge in [-0.1, -0.05) is 18.1 Å². The van der Waals surface area contributed by atoms with Crippen molar-refractivity contribution < 1.29 is 37.4 Å². The number of amidine groups is 1. The minimum absolute atomic E-state index is 0.109. The summed E-state index contributed by atoms with van der Waals surface area (Å²) < 4.78 is 47.1. The van der Waals surface area contributed by atoms with Crippen molar-refractivity contribution >= 4 is 17.9 Å². The molecule has 2 aromatic rings. The molecule has 12 nitrogen and oxygen atoms in total. The molecule has 2 aliphatic rings. The van der Waals surface area contributed by atoms with Crippen molar-refractivity contribution in [3.8, 4) is 11.8 Å². The van der Waals surface area contributed by atoms with Crippen molar-refractivity contribution in [3.05, 3.63) is 47.3 Å². The van der Waals surface area contributed by atoms with E-state index >= 15 is 0 Å². The van der Waals surface area contributed by atoms with Gasteiger partial charge in [-0.25, -0.2) is 18.4 Å². The molecule has 2 aliphatic heterocycles. The number of hydrogen-bond donors (Lipinski definition) is 1. The van der Waals surface area contributed by atoms with Crippen LogP contribution in [0.4, 0.5) is 13.6 Å². The average Bonchev–Trinajstić information content (AvgIpc) is 3.44. The molecular formula is C34H48F2N6O6. The smallest absolute Gasteiger partial charge is 0.410 e. The summed E-state index contributed by atoms with van der Waals surface area (Å²) in [6, 6.07) is 4.95. The summed E-state index contributed by atoms with van der Waals surface area (Å²) in [5, 5.41) is 3.72. The number of ether oxygens (including phenoxy) is 3. The third kappa shape index (κ3) is 8.88. The van der Waals surface area contributed by atoms with Crippen molar-refractivity contribution in [3.63, 3.8) is 0 Å². The summed E-state index contributed by atoms with van der Waals surface area (Å²) in [7, 11) is 2.04.